The minimum Gasteiger partial charge on any atom is -0.321 e. The number of carbonyl (C=O) groups excluding carboxylic acids is 1. The number of rotatable bonds is 5. The summed E-state index contributed by atoms with van der Waals surface area (Å²) in [6.45, 7) is 7.14. The van der Waals surface area contributed by atoms with Crippen LogP contribution in [0.2, 0.25) is 5.02 Å². The standard InChI is InChI=1S/C16H23ClN2O/c1-4-6-14-16(20)19(10-11(2)3)15(18-14)12-7-5-8-13(17)9-12/h5,7-9,11,14-15,18H,4,6,10H2,1-3H3. The molecule has 2 rings (SSSR count). The van der Waals surface area contributed by atoms with Gasteiger partial charge in [0.1, 0.15) is 6.17 Å². The van der Waals surface area contributed by atoms with Crippen LogP contribution in [0.5, 0.6) is 0 Å². The third-order valence-electron chi connectivity index (χ3n) is 3.56. The summed E-state index contributed by atoms with van der Waals surface area (Å²) in [5, 5.41) is 4.17. The van der Waals surface area contributed by atoms with Crippen molar-refractivity contribution in [3.05, 3.63) is 34.9 Å². The van der Waals surface area contributed by atoms with Crippen LogP contribution < -0.4 is 5.32 Å². The van der Waals surface area contributed by atoms with Gasteiger partial charge in [0.05, 0.1) is 6.04 Å². The Kier molecular flexibility index (Phi) is 5.06. The molecule has 1 amide bonds. The average molecular weight is 295 g/mol. The molecule has 0 aliphatic carbocycles. The van der Waals surface area contributed by atoms with Gasteiger partial charge in [-0.3, -0.25) is 10.1 Å². The fourth-order valence-corrected chi connectivity index (χ4v) is 2.92. The number of benzene rings is 1. The third-order valence-corrected chi connectivity index (χ3v) is 3.79. The van der Waals surface area contributed by atoms with Crippen molar-refractivity contribution in [1.29, 1.82) is 0 Å². The lowest BCUT2D eigenvalue weighted by Crippen LogP contribution is -2.34. The maximum absolute atomic E-state index is 12.5. The molecule has 110 valence electrons. The predicted molar refractivity (Wildman–Crippen MR) is 82.6 cm³/mol. The number of hydrogen-bond acceptors (Lipinski definition) is 2. The van der Waals surface area contributed by atoms with Crippen LogP contribution in [0, 0.1) is 5.92 Å². The molecule has 0 saturated carbocycles. The van der Waals surface area contributed by atoms with Crippen molar-refractivity contribution in [2.75, 3.05) is 6.54 Å². The van der Waals surface area contributed by atoms with Gasteiger partial charge in [0.25, 0.3) is 0 Å². The molecule has 4 heteroatoms. The Hall–Kier alpha value is -1.06. The summed E-state index contributed by atoms with van der Waals surface area (Å²) in [4.78, 5) is 14.5. The van der Waals surface area contributed by atoms with E-state index in [1.54, 1.807) is 0 Å². The summed E-state index contributed by atoms with van der Waals surface area (Å²) >= 11 is 6.08. The highest BCUT2D eigenvalue weighted by Gasteiger charge is 2.38. The Morgan fingerprint density at radius 2 is 2.15 bits per heavy atom. The second-order valence-electron chi connectivity index (χ2n) is 5.85. The SMILES string of the molecule is CCCC1NC(c2cccc(Cl)c2)N(CC(C)C)C1=O. The van der Waals surface area contributed by atoms with Gasteiger partial charge >= 0.3 is 0 Å². The predicted octanol–water partition coefficient (Wildman–Crippen LogP) is 3.60. The number of halogens is 1. The lowest BCUT2D eigenvalue weighted by atomic mass is 10.1. The molecule has 20 heavy (non-hydrogen) atoms. The van der Waals surface area contributed by atoms with Gasteiger partial charge in [-0.05, 0) is 30.0 Å². The van der Waals surface area contributed by atoms with Gasteiger partial charge in [0.15, 0.2) is 0 Å². The van der Waals surface area contributed by atoms with Gasteiger partial charge in [-0.25, -0.2) is 0 Å². The molecule has 1 fully saturated rings. The highest BCUT2D eigenvalue weighted by atomic mass is 35.5. The lowest BCUT2D eigenvalue weighted by molar-refractivity contribution is -0.130. The molecule has 1 N–H and O–H groups in total. The molecule has 1 aromatic carbocycles. The maximum atomic E-state index is 12.5. The number of nitrogens with one attached hydrogen (secondary N) is 1. The van der Waals surface area contributed by atoms with Crippen LogP contribution in [0.3, 0.4) is 0 Å². The zero-order valence-corrected chi connectivity index (χ0v) is 13.2. The van der Waals surface area contributed by atoms with Crippen molar-refractivity contribution in [3.8, 4) is 0 Å². The Labute approximate surface area is 126 Å². The van der Waals surface area contributed by atoms with E-state index < -0.39 is 0 Å². The summed E-state index contributed by atoms with van der Waals surface area (Å²) in [6.07, 6.45) is 1.83. The minimum atomic E-state index is -0.0669. The Morgan fingerprint density at radius 1 is 1.40 bits per heavy atom. The molecular weight excluding hydrogens is 272 g/mol. The molecule has 0 bridgehead atoms. The van der Waals surface area contributed by atoms with E-state index in [9.17, 15) is 4.79 Å². The van der Waals surface area contributed by atoms with Crippen molar-refractivity contribution in [2.45, 2.75) is 45.8 Å². The van der Waals surface area contributed by atoms with E-state index in [-0.39, 0.29) is 18.1 Å². The quantitative estimate of drug-likeness (QED) is 0.900. The highest BCUT2D eigenvalue weighted by molar-refractivity contribution is 6.30. The topological polar surface area (TPSA) is 32.3 Å². The van der Waals surface area contributed by atoms with Gasteiger partial charge in [-0.15, -0.1) is 0 Å². The fourth-order valence-electron chi connectivity index (χ4n) is 2.72. The van der Waals surface area contributed by atoms with E-state index in [0.29, 0.717) is 10.9 Å². The van der Waals surface area contributed by atoms with E-state index in [1.807, 2.05) is 29.2 Å². The highest BCUT2D eigenvalue weighted by Crippen LogP contribution is 2.29. The van der Waals surface area contributed by atoms with Crippen LogP contribution in [0.1, 0.15) is 45.3 Å². The molecule has 1 aliphatic heterocycles. The number of nitrogens with zero attached hydrogens (tertiary/aromatic N) is 1. The fraction of sp³-hybridized carbons (Fsp3) is 0.562. The van der Waals surface area contributed by atoms with E-state index in [2.05, 4.69) is 26.1 Å². The molecule has 1 heterocycles. The number of carbonyl (C=O) groups is 1. The molecular formula is C16H23ClN2O. The Balaban J connectivity index is 2.26. The Bertz CT molecular complexity index is 475. The normalized spacial score (nSPS) is 22.9. The van der Waals surface area contributed by atoms with Gasteiger partial charge < -0.3 is 4.90 Å². The van der Waals surface area contributed by atoms with E-state index in [1.165, 1.54) is 0 Å². The molecule has 1 aliphatic rings. The lowest BCUT2D eigenvalue weighted by Gasteiger charge is -2.26. The summed E-state index contributed by atoms with van der Waals surface area (Å²) in [5.74, 6) is 0.660. The van der Waals surface area contributed by atoms with E-state index >= 15 is 0 Å². The second-order valence-corrected chi connectivity index (χ2v) is 6.29. The van der Waals surface area contributed by atoms with Crippen molar-refractivity contribution in [1.82, 2.24) is 10.2 Å². The first-order chi connectivity index (χ1) is 9.52. The molecule has 0 spiro atoms. The third kappa shape index (κ3) is 3.33. The summed E-state index contributed by atoms with van der Waals surface area (Å²) in [7, 11) is 0. The van der Waals surface area contributed by atoms with Crippen molar-refractivity contribution >= 4 is 17.5 Å². The van der Waals surface area contributed by atoms with Crippen LogP contribution in [0.4, 0.5) is 0 Å². The molecule has 2 unspecified atom stereocenters. The molecule has 2 atom stereocenters. The van der Waals surface area contributed by atoms with Crippen LogP contribution in [0.15, 0.2) is 24.3 Å². The van der Waals surface area contributed by atoms with Crippen LogP contribution >= 0.6 is 11.6 Å². The monoisotopic (exact) mass is 294 g/mol. The zero-order valence-electron chi connectivity index (χ0n) is 12.4. The number of amides is 1. The van der Waals surface area contributed by atoms with Gasteiger partial charge in [0.2, 0.25) is 5.91 Å². The Morgan fingerprint density at radius 3 is 2.75 bits per heavy atom. The van der Waals surface area contributed by atoms with Gasteiger partial charge in [0, 0.05) is 11.6 Å². The van der Waals surface area contributed by atoms with Crippen molar-refractivity contribution in [2.24, 2.45) is 5.92 Å². The first kappa shape index (κ1) is 15.3. The largest absolute Gasteiger partial charge is 0.321 e. The summed E-state index contributed by atoms with van der Waals surface area (Å²) in [5.41, 5.74) is 1.06. The van der Waals surface area contributed by atoms with Crippen LogP contribution in [-0.4, -0.2) is 23.4 Å². The smallest absolute Gasteiger partial charge is 0.241 e. The molecule has 1 aromatic rings. The zero-order chi connectivity index (χ0) is 14.7. The summed E-state index contributed by atoms with van der Waals surface area (Å²) in [6, 6.07) is 7.69. The first-order valence-electron chi connectivity index (χ1n) is 7.35. The second kappa shape index (κ2) is 6.59. The molecule has 1 saturated heterocycles. The van der Waals surface area contributed by atoms with E-state index in [4.69, 9.17) is 11.6 Å². The van der Waals surface area contributed by atoms with E-state index in [0.717, 1.165) is 24.9 Å². The molecule has 3 nitrogen and oxygen atoms in total. The maximum Gasteiger partial charge on any atom is 0.241 e. The van der Waals surface area contributed by atoms with Crippen molar-refractivity contribution in [3.63, 3.8) is 0 Å². The first-order valence-corrected chi connectivity index (χ1v) is 7.72. The van der Waals surface area contributed by atoms with Gasteiger partial charge in [-0.1, -0.05) is 50.9 Å². The van der Waals surface area contributed by atoms with Crippen LogP contribution in [0.25, 0.3) is 0 Å². The van der Waals surface area contributed by atoms with Crippen molar-refractivity contribution < 1.29 is 4.79 Å². The van der Waals surface area contributed by atoms with Gasteiger partial charge in [-0.2, -0.15) is 0 Å². The average Bonchev–Trinajstić information content (AvgIpc) is 2.68. The minimum absolute atomic E-state index is 0.0554. The molecule has 0 radical (unpaired) electrons. The van der Waals surface area contributed by atoms with Crippen LogP contribution in [-0.2, 0) is 4.79 Å². The molecule has 0 aromatic heterocycles. The number of hydrogen-bond donors (Lipinski definition) is 1. The summed E-state index contributed by atoms with van der Waals surface area (Å²) < 4.78 is 0.